The molecule has 4 aliphatic rings. The van der Waals surface area contributed by atoms with Gasteiger partial charge in [0, 0.05) is 1.43 Å². The monoisotopic (exact) mass is 390 g/mol. The van der Waals surface area contributed by atoms with E-state index in [1.54, 1.807) is 51.4 Å². The highest BCUT2D eigenvalue weighted by Gasteiger charge is 2.59. The number of hydrogen-bond acceptors (Lipinski definition) is 0. The van der Waals surface area contributed by atoms with Crippen molar-refractivity contribution < 1.29 is 1.43 Å². The highest BCUT2D eigenvalue weighted by atomic mass is 14.6. The molecule has 7 unspecified atom stereocenters. The van der Waals surface area contributed by atoms with Gasteiger partial charge >= 0.3 is 0 Å². The summed E-state index contributed by atoms with van der Waals surface area (Å²) in [4.78, 5) is 0. The van der Waals surface area contributed by atoms with Crippen molar-refractivity contribution in [3.63, 3.8) is 0 Å². The molecule has 4 rings (SSSR count). The van der Waals surface area contributed by atoms with Crippen LogP contribution in [0.15, 0.2) is 0 Å². The van der Waals surface area contributed by atoms with Crippen LogP contribution in [0.4, 0.5) is 0 Å². The lowest BCUT2D eigenvalue weighted by atomic mass is 9.45. The third-order valence-corrected chi connectivity index (χ3v) is 10.4. The summed E-state index contributed by atoms with van der Waals surface area (Å²) in [6, 6.07) is 0. The molecule has 0 heterocycles. The van der Waals surface area contributed by atoms with Crippen LogP contribution in [0.2, 0.25) is 0 Å². The maximum atomic E-state index is 2.74. The van der Waals surface area contributed by atoms with Gasteiger partial charge in [0.25, 0.3) is 0 Å². The Labute approximate surface area is 179 Å². The Kier molecular flexibility index (Phi) is 7.64. The predicted molar refractivity (Wildman–Crippen MR) is 127 cm³/mol. The van der Waals surface area contributed by atoms with E-state index in [9.17, 15) is 0 Å². The molecular weight excluding hydrogens is 336 g/mol. The van der Waals surface area contributed by atoms with Gasteiger partial charge in [0.1, 0.15) is 0 Å². The predicted octanol–water partition coefficient (Wildman–Crippen LogP) is 9.52. The smallest absolute Gasteiger partial charge is 0 e. The summed E-state index contributed by atoms with van der Waals surface area (Å²) >= 11 is 0. The molecule has 0 saturated heterocycles. The SMILES string of the molecule is CC.CC(C)CCCCC1CCC2C3CCC4CCCCC4(C)C3CCC12C.[HH]. The second-order valence-electron chi connectivity index (χ2n) is 11.9. The van der Waals surface area contributed by atoms with Crippen LogP contribution in [0, 0.1) is 46.3 Å². The molecule has 4 aliphatic carbocycles. The summed E-state index contributed by atoms with van der Waals surface area (Å²) in [5.74, 6) is 6.28. The van der Waals surface area contributed by atoms with Crippen molar-refractivity contribution in [3.8, 4) is 0 Å². The van der Waals surface area contributed by atoms with E-state index >= 15 is 0 Å². The topological polar surface area (TPSA) is 0 Å². The second kappa shape index (κ2) is 9.43. The maximum Gasteiger partial charge on any atom is 0 e. The standard InChI is InChI=1S/C26H46.C2H6.H2/c1-19(2)9-5-6-10-21-13-15-23-22-14-12-20-11-7-8-17-25(20,3)24(22)16-18-26(21,23)4;1-2;/h19-24H,5-18H2,1-4H3;1-2H3;1H. The van der Waals surface area contributed by atoms with Crippen molar-refractivity contribution in [1.82, 2.24) is 0 Å². The van der Waals surface area contributed by atoms with Crippen LogP contribution in [0.25, 0.3) is 0 Å². The molecule has 0 radical (unpaired) electrons. The van der Waals surface area contributed by atoms with E-state index < -0.39 is 0 Å². The van der Waals surface area contributed by atoms with Gasteiger partial charge in [-0.1, -0.05) is 73.6 Å². The van der Waals surface area contributed by atoms with Gasteiger partial charge in [0.2, 0.25) is 0 Å². The Morgan fingerprint density at radius 1 is 0.786 bits per heavy atom. The summed E-state index contributed by atoms with van der Waals surface area (Å²) in [6.07, 6.45) is 21.6. The van der Waals surface area contributed by atoms with Gasteiger partial charge in [0.15, 0.2) is 0 Å². The first-order valence-corrected chi connectivity index (χ1v) is 13.4. The van der Waals surface area contributed by atoms with E-state index in [-0.39, 0.29) is 1.43 Å². The zero-order chi connectivity index (χ0) is 20.4. The fourth-order valence-corrected chi connectivity index (χ4v) is 8.82. The summed E-state index contributed by atoms with van der Waals surface area (Å²) in [7, 11) is 0. The molecule has 4 fully saturated rings. The van der Waals surface area contributed by atoms with E-state index in [0.29, 0.717) is 5.41 Å². The van der Waals surface area contributed by atoms with Gasteiger partial charge in [-0.05, 0) is 104 Å². The Balaban J connectivity index is 0.000000970. The molecule has 0 spiro atoms. The molecular formula is C28H54. The lowest BCUT2D eigenvalue weighted by molar-refractivity contribution is -0.111. The lowest BCUT2D eigenvalue weighted by Gasteiger charge is -2.60. The van der Waals surface area contributed by atoms with E-state index in [0.717, 1.165) is 40.9 Å². The highest BCUT2D eigenvalue weighted by molar-refractivity contribution is 5.08. The molecule has 0 amide bonds. The first-order valence-electron chi connectivity index (χ1n) is 13.4. The van der Waals surface area contributed by atoms with E-state index in [4.69, 9.17) is 0 Å². The van der Waals surface area contributed by atoms with Gasteiger partial charge in [-0.3, -0.25) is 0 Å². The molecule has 4 saturated carbocycles. The van der Waals surface area contributed by atoms with Crippen LogP contribution in [-0.2, 0) is 0 Å². The van der Waals surface area contributed by atoms with Crippen LogP contribution >= 0.6 is 0 Å². The molecule has 0 aromatic rings. The van der Waals surface area contributed by atoms with Crippen LogP contribution < -0.4 is 0 Å². The molecule has 0 aromatic heterocycles. The summed E-state index contributed by atoms with van der Waals surface area (Å²) in [5, 5.41) is 0. The molecule has 7 atom stereocenters. The average Bonchev–Trinajstić information content (AvgIpc) is 3.02. The molecule has 0 aliphatic heterocycles. The van der Waals surface area contributed by atoms with Gasteiger partial charge in [-0.2, -0.15) is 0 Å². The van der Waals surface area contributed by atoms with Crippen molar-refractivity contribution in [2.45, 2.75) is 131 Å². The van der Waals surface area contributed by atoms with E-state index in [2.05, 4.69) is 27.7 Å². The molecule has 0 nitrogen and oxygen atoms in total. The zero-order valence-electron chi connectivity index (χ0n) is 20.4. The number of unbranched alkanes of at least 4 members (excludes halogenated alkanes) is 1. The van der Waals surface area contributed by atoms with Gasteiger partial charge in [-0.25, -0.2) is 0 Å². The number of hydrogen-bond donors (Lipinski definition) is 0. The van der Waals surface area contributed by atoms with E-state index in [1.807, 2.05) is 13.8 Å². The van der Waals surface area contributed by atoms with Gasteiger partial charge < -0.3 is 0 Å². The normalized spacial score (nSPS) is 44.9. The van der Waals surface area contributed by atoms with Crippen molar-refractivity contribution >= 4 is 0 Å². The minimum atomic E-state index is 0. The van der Waals surface area contributed by atoms with Crippen LogP contribution in [0.1, 0.15) is 133 Å². The molecule has 0 heteroatoms. The van der Waals surface area contributed by atoms with Crippen LogP contribution in [0.5, 0.6) is 0 Å². The molecule has 166 valence electrons. The van der Waals surface area contributed by atoms with Gasteiger partial charge in [0.05, 0.1) is 0 Å². The molecule has 28 heavy (non-hydrogen) atoms. The van der Waals surface area contributed by atoms with Crippen molar-refractivity contribution in [1.29, 1.82) is 0 Å². The second-order valence-corrected chi connectivity index (χ2v) is 11.9. The zero-order valence-corrected chi connectivity index (χ0v) is 20.4. The van der Waals surface area contributed by atoms with Crippen molar-refractivity contribution in [2.75, 3.05) is 0 Å². The average molecular weight is 391 g/mol. The Morgan fingerprint density at radius 3 is 2.29 bits per heavy atom. The minimum absolute atomic E-state index is 0. The van der Waals surface area contributed by atoms with Crippen LogP contribution in [-0.4, -0.2) is 0 Å². The third-order valence-electron chi connectivity index (χ3n) is 10.4. The van der Waals surface area contributed by atoms with Gasteiger partial charge in [-0.15, -0.1) is 0 Å². The Morgan fingerprint density at radius 2 is 1.54 bits per heavy atom. The fourth-order valence-electron chi connectivity index (χ4n) is 8.82. The first kappa shape index (κ1) is 22.7. The lowest BCUT2D eigenvalue weighted by Crippen LogP contribution is -2.52. The summed E-state index contributed by atoms with van der Waals surface area (Å²) in [5.41, 5.74) is 1.43. The minimum Gasteiger partial charge on any atom is -0.0683 e. The van der Waals surface area contributed by atoms with E-state index in [1.165, 1.54) is 38.5 Å². The van der Waals surface area contributed by atoms with Crippen LogP contribution in [0.3, 0.4) is 0 Å². The summed E-state index contributed by atoms with van der Waals surface area (Å²) < 4.78 is 0. The number of fused-ring (bicyclic) bond motifs is 5. The first-order chi connectivity index (χ1) is 13.4. The summed E-state index contributed by atoms with van der Waals surface area (Å²) in [6.45, 7) is 14.2. The highest BCUT2D eigenvalue weighted by Crippen LogP contribution is 2.67. The Bertz CT molecular complexity index is 485. The fraction of sp³-hybridized carbons (Fsp3) is 1.00. The third kappa shape index (κ3) is 4.09. The maximum absolute atomic E-state index is 2.74. The van der Waals surface area contributed by atoms with Crippen molar-refractivity contribution in [2.24, 2.45) is 46.3 Å². The quantitative estimate of drug-likeness (QED) is 0.410. The Hall–Kier alpha value is 0. The number of rotatable bonds is 5. The van der Waals surface area contributed by atoms with Crippen molar-refractivity contribution in [3.05, 3.63) is 0 Å². The molecule has 0 N–H and O–H groups in total. The largest absolute Gasteiger partial charge is 0.0683 e. The molecule has 0 aromatic carbocycles. The molecule has 0 bridgehead atoms.